The number of non-ortho nitro benzene ring substituents is 1. The minimum absolute atomic E-state index is 0.00182. The van der Waals surface area contributed by atoms with E-state index >= 15 is 0 Å². The van der Waals surface area contributed by atoms with Crippen molar-refractivity contribution in [3.05, 3.63) is 81.1 Å². The Morgan fingerprint density at radius 1 is 1.40 bits per heavy atom. The molecule has 0 radical (unpaired) electrons. The van der Waals surface area contributed by atoms with Gasteiger partial charge in [-0.3, -0.25) is 14.9 Å². The third kappa shape index (κ3) is 3.82. The van der Waals surface area contributed by atoms with Gasteiger partial charge in [-0.2, -0.15) is 5.26 Å². The zero-order chi connectivity index (χ0) is 18.6. The zero-order valence-electron chi connectivity index (χ0n) is 12.8. The van der Waals surface area contributed by atoms with E-state index in [0.29, 0.717) is 0 Å². The average Bonchev–Trinajstić information content (AvgIpc) is 2.59. The van der Waals surface area contributed by atoms with Gasteiger partial charge < -0.3 is 4.90 Å². The minimum atomic E-state index is -0.670. The molecule has 0 aromatic heterocycles. The van der Waals surface area contributed by atoms with Crippen molar-refractivity contribution in [3.63, 3.8) is 0 Å². The lowest BCUT2D eigenvalue weighted by molar-refractivity contribution is -0.384. The lowest BCUT2D eigenvalue weighted by Gasteiger charge is -2.23. The summed E-state index contributed by atoms with van der Waals surface area (Å²) in [4.78, 5) is 24.3. The number of nitriles is 1. The van der Waals surface area contributed by atoms with Crippen molar-refractivity contribution < 1.29 is 14.1 Å². The summed E-state index contributed by atoms with van der Waals surface area (Å²) >= 11 is 6.01. The largest absolute Gasteiger partial charge is 0.303 e. The van der Waals surface area contributed by atoms with E-state index in [4.69, 9.17) is 11.6 Å². The van der Waals surface area contributed by atoms with Gasteiger partial charge in [0.2, 0.25) is 0 Å². The van der Waals surface area contributed by atoms with Gasteiger partial charge in [-0.15, -0.1) is 6.58 Å². The second kappa shape index (κ2) is 7.55. The summed E-state index contributed by atoms with van der Waals surface area (Å²) in [7, 11) is 0. The predicted octanol–water partition coefficient (Wildman–Crippen LogP) is 4.09. The molecule has 0 aliphatic heterocycles. The van der Waals surface area contributed by atoms with Crippen LogP contribution in [0.1, 0.15) is 15.9 Å². The van der Waals surface area contributed by atoms with Crippen molar-refractivity contribution in [2.75, 3.05) is 11.4 Å². The van der Waals surface area contributed by atoms with Crippen LogP contribution in [0.25, 0.3) is 0 Å². The molecule has 0 aliphatic carbocycles. The molecule has 2 rings (SSSR count). The van der Waals surface area contributed by atoms with Crippen molar-refractivity contribution in [2.45, 2.75) is 0 Å². The van der Waals surface area contributed by atoms with Crippen LogP contribution in [0.15, 0.2) is 49.1 Å². The number of hydrogen-bond acceptors (Lipinski definition) is 4. The standard InChI is InChI=1S/C17H11ClFN3O3/c1-2-7-21(16-6-3-12(19)8-11(16)10-20)17(23)14-9-13(22(24)25)4-5-15(14)18/h2-6,8-9H,1,7H2. The highest BCUT2D eigenvalue weighted by Gasteiger charge is 2.24. The van der Waals surface area contributed by atoms with Crippen LogP contribution in [-0.4, -0.2) is 17.4 Å². The third-order valence-electron chi connectivity index (χ3n) is 3.32. The first-order valence-corrected chi connectivity index (χ1v) is 7.33. The second-order valence-electron chi connectivity index (χ2n) is 4.90. The summed E-state index contributed by atoms with van der Waals surface area (Å²) in [6.45, 7) is 3.55. The number of halogens is 2. The Balaban J connectivity index is 2.57. The molecule has 25 heavy (non-hydrogen) atoms. The topological polar surface area (TPSA) is 87.2 Å². The molecule has 0 bridgehead atoms. The maximum atomic E-state index is 13.3. The number of nitrogens with zero attached hydrogens (tertiary/aromatic N) is 3. The Morgan fingerprint density at radius 3 is 2.72 bits per heavy atom. The summed E-state index contributed by atoms with van der Waals surface area (Å²) < 4.78 is 13.3. The molecule has 0 heterocycles. The number of amides is 1. The molecule has 0 saturated carbocycles. The lowest BCUT2D eigenvalue weighted by Crippen LogP contribution is -2.32. The van der Waals surface area contributed by atoms with Crippen LogP contribution in [-0.2, 0) is 0 Å². The van der Waals surface area contributed by atoms with E-state index < -0.39 is 16.6 Å². The van der Waals surface area contributed by atoms with E-state index in [-0.39, 0.29) is 34.1 Å². The van der Waals surface area contributed by atoms with Crippen LogP contribution >= 0.6 is 11.6 Å². The highest BCUT2D eigenvalue weighted by molar-refractivity contribution is 6.34. The number of hydrogen-bond donors (Lipinski definition) is 0. The molecule has 0 unspecified atom stereocenters. The molecule has 8 heteroatoms. The highest BCUT2D eigenvalue weighted by Crippen LogP contribution is 2.28. The van der Waals surface area contributed by atoms with Crippen molar-refractivity contribution >= 4 is 28.9 Å². The monoisotopic (exact) mass is 359 g/mol. The van der Waals surface area contributed by atoms with Crippen LogP contribution in [0.4, 0.5) is 15.8 Å². The SMILES string of the molecule is C=CCN(C(=O)c1cc([N+](=O)[O-])ccc1Cl)c1ccc(F)cc1C#N. The normalized spacial score (nSPS) is 9.96. The third-order valence-corrected chi connectivity index (χ3v) is 3.65. The quantitative estimate of drug-likeness (QED) is 0.457. The smallest absolute Gasteiger partial charge is 0.270 e. The molecule has 0 fully saturated rings. The fraction of sp³-hybridized carbons (Fsp3) is 0.0588. The van der Waals surface area contributed by atoms with Gasteiger partial charge in [0, 0.05) is 18.7 Å². The van der Waals surface area contributed by atoms with Crippen LogP contribution in [0.3, 0.4) is 0 Å². The van der Waals surface area contributed by atoms with Gasteiger partial charge in [0.05, 0.1) is 26.8 Å². The molecule has 126 valence electrons. The van der Waals surface area contributed by atoms with E-state index in [1.807, 2.05) is 6.07 Å². The van der Waals surface area contributed by atoms with Crippen LogP contribution in [0.5, 0.6) is 0 Å². The molecule has 0 atom stereocenters. The molecule has 0 N–H and O–H groups in total. The molecular formula is C17H11ClFN3O3. The number of anilines is 1. The van der Waals surface area contributed by atoms with Gasteiger partial charge in [-0.05, 0) is 24.3 Å². The molecule has 0 saturated heterocycles. The Morgan fingerprint density at radius 2 is 2.12 bits per heavy atom. The Bertz CT molecular complexity index is 908. The van der Waals surface area contributed by atoms with Crippen molar-refractivity contribution in [3.8, 4) is 6.07 Å². The average molecular weight is 360 g/mol. The molecule has 0 aliphatic rings. The zero-order valence-corrected chi connectivity index (χ0v) is 13.5. The van der Waals surface area contributed by atoms with Crippen molar-refractivity contribution in [1.82, 2.24) is 0 Å². The first-order valence-electron chi connectivity index (χ1n) is 6.95. The van der Waals surface area contributed by atoms with Gasteiger partial charge in [0.1, 0.15) is 11.9 Å². The molecule has 2 aromatic carbocycles. The minimum Gasteiger partial charge on any atom is -0.303 e. The Labute approximate surface area is 147 Å². The molecule has 0 spiro atoms. The van der Waals surface area contributed by atoms with E-state index in [0.717, 1.165) is 23.1 Å². The van der Waals surface area contributed by atoms with Crippen LogP contribution in [0.2, 0.25) is 5.02 Å². The highest BCUT2D eigenvalue weighted by atomic mass is 35.5. The maximum absolute atomic E-state index is 13.3. The predicted molar refractivity (Wildman–Crippen MR) is 91.1 cm³/mol. The Hall–Kier alpha value is -3.24. The summed E-state index contributed by atoms with van der Waals surface area (Å²) in [6.07, 6.45) is 1.41. The summed E-state index contributed by atoms with van der Waals surface area (Å²) in [5.74, 6) is -1.30. The molecule has 1 amide bonds. The van der Waals surface area contributed by atoms with Gasteiger partial charge in [0.15, 0.2) is 0 Å². The molecule has 2 aromatic rings. The number of nitro groups is 1. The number of carbonyl (C=O) groups excluding carboxylic acids is 1. The number of carbonyl (C=O) groups is 1. The first kappa shape index (κ1) is 18.1. The molecular weight excluding hydrogens is 349 g/mol. The second-order valence-corrected chi connectivity index (χ2v) is 5.31. The van der Waals surface area contributed by atoms with E-state index in [2.05, 4.69) is 6.58 Å². The van der Waals surface area contributed by atoms with Crippen molar-refractivity contribution in [1.29, 1.82) is 5.26 Å². The van der Waals surface area contributed by atoms with E-state index in [1.165, 1.54) is 24.3 Å². The van der Waals surface area contributed by atoms with Gasteiger partial charge in [-0.25, -0.2) is 4.39 Å². The van der Waals surface area contributed by atoms with Gasteiger partial charge in [0.25, 0.3) is 11.6 Å². The van der Waals surface area contributed by atoms with E-state index in [9.17, 15) is 24.6 Å². The first-order chi connectivity index (χ1) is 11.9. The fourth-order valence-corrected chi connectivity index (χ4v) is 2.39. The van der Waals surface area contributed by atoms with Crippen molar-refractivity contribution in [2.24, 2.45) is 0 Å². The number of benzene rings is 2. The fourth-order valence-electron chi connectivity index (χ4n) is 2.19. The Kier molecular flexibility index (Phi) is 5.47. The summed E-state index contributed by atoms with van der Waals surface area (Å²) in [5, 5.41) is 20.1. The van der Waals surface area contributed by atoms with Crippen LogP contribution < -0.4 is 4.90 Å². The summed E-state index contributed by atoms with van der Waals surface area (Å²) in [6, 6.07) is 8.67. The van der Waals surface area contributed by atoms with Crippen LogP contribution in [0, 0.1) is 27.3 Å². The van der Waals surface area contributed by atoms with Gasteiger partial charge in [-0.1, -0.05) is 17.7 Å². The lowest BCUT2D eigenvalue weighted by atomic mass is 10.1. The number of rotatable bonds is 5. The van der Waals surface area contributed by atoms with E-state index in [1.54, 1.807) is 0 Å². The maximum Gasteiger partial charge on any atom is 0.270 e. The summed E-state index contributed by atoms with van der Waals surface area (Å²) in [5.41, 5.74) is -0.315. The molecule has 6 nitrogen and oxygen atoms in total. The van der Waals surface area contributed by atoms with Gasteiger partial charge >= 0.3 is 0 Å². The number of nitro benzene ring substituents is 1.